The molecule has 1 aromatic heterocycles. The Balaban J connectivity index is 1.88. The fourth-order valence-corrected chi connectivity index (χ4v) is 3.28. The van der Waals surface area contributed by atoms with Crippen LogP contribution in [0.1, 0.15) is 51.8 Å². The first-order valence-corrected chi connectivity index (χ1v) is 7.59. The summed E-state index contributed by atoms with van der Waals surface area (Å²) in [6.07, 6.45) is 6.16. The van der Waals surface area contributed by atoms with Crippen LogP contribution in [0, 0.1) is 5.92 Å². The fourth-order valence-electron chi connectivity index (χ4n) is 3.28. The highest BCUT2D eigenvalue weighted by Gasteiger charge is 2.31. The summed E-state index contributed by atoms with van der Waals surface area (Å²) in [6.45, 7) is 10.1. The Morgan fingerprint density at radius 2 is 2.11 bits per heavy atom. The van der Waals surface area contributed by atoms with Crippen LogP contribution in [-0.2, 0) is 5.41 Å². The molecule has 4 nitrogen and oxygen atoms in total. The van der Waals surface area contributed by atoms with E-state index in [4.69, 9.17) is 4.98 Å². The lowest BCUT2D eigenvalue weighted by Gasteiger charge is -2.35. The maximum atomic E-state index is 4.80. The number of fused-ring (bicyclic) bond motifs is 1. The van der Waals surface area contributed by atoms with Gasteiger partial charge in [-0.2, -0.15) is 0 Å². The molecule has 106 valence electrons. The highest BCUT2D eigenvalue weighted by molar-refractivity contribution is 5.34. The molecule has 2 aliphatic rings. The number of imidazole rings is 1. The Kier molecular flexibility index (Phi) is 3.29. The molecule has 0 bridgehead atoms. The van der Waals surface area contributed by atoms with Crippen LogP contribution < -0.4 is 10.6 Å². The van der Waals surface area contributed by atoms with E-state index in [9.17, 15) is 0 Å². The van der Waals surface area contributed by atoms with Gasteiger partial charge in [0.1, 0.15) is 0 Å². The van der Waals surface area contributed by atoms with Gasteiger partial charge in [0.25, 0.3) is 0 Å². The molecule has 0 spiro atoms. The first-order chi connectivity index (χ1) is 9.05. The second-order valence-electron chi connectivity index (χ2n) is 7.00. The van der Waals surface area contributed by atoms with E-state index in [-0.39, 0.29) is 5.41 Å². The molecule has 0 amide bonds. The smallest absolute Gasteiger partial charge is 0.203 e. The molecule has 1 saturated heterocycles. The SMILES string of the molecule is CC(C)(C)c1cn2c(n1)NCCC2C1CCCNC1. The van der Waals surface area contributed by atoms with Gasteiger partial charge in [-0.25, -0.2) is 4.98 Å². The third-order valence-electron chi connectivity index (χ3n) is 4.46. The van der Waals surface area contributed by atoms with Crippen LogP contribution in [0.3, 0.4) is 0 Å². The van der Waals surface area contributed by atoms with Crippen LogP contribution in [0.25, 0.3) is 0 Å². The summed E-state index contributed by atoms with van der Waals surface area (Å²) in [4.78, 5) is 4.80. The molecule has 2 aliphatic heterocycles. The second kappa shape index (κ2) is 4.82. The van der Waals surface area contributed by atoms with Crippen molar-refractivity contribution in [2.24, 2.45) is 5.92 Å². The molecule has 1 aromatic rings. The maximum Gasteiger partial charge on any atom is 0.203 e. The molecular formula is C15H26N4. The number of piperidine rings is 1. The van der Waals surface area contributed by atoms with Gasteiger partial charge in [0.15, 0.2) is 0 Å². The number of aromatic nitrogens is 2. The average Bonchev–Trinajstić information content (AvgIpc) is 2.83. The van der Waals surface area contributed by atoms with E-state index in [0.717, 1.165) is 25.0 Å². The number of nitrogens with zero attached hydrogens (tertiary/aromatic N) is 2. The Morgan fingerprint density at radius 3 is 2.79 bits per heavy atom. The number of anilines is 1. The topological polar surface area (TPSA) is 41.9 Å². The Morgan fingerprint density at radius 1 is 1.26 bits per heavy atom. The van der Waals surface area contributed by atoms with Crippen LogP contribution in [-0.4, -0.2) is 29.2 Å². The van der Waals surface area contributed by atoms with E-state index >= 15 is 0 Å². The zero-order chi connectivity index (χ0) is 13.5. The lowest BCUT2D eigenvalue weighted by atomic mass is 9.88. The molecule has 4 heteroatoms. The van der Waals surface area contributed by atoms with Crippen molar-refractivity contribution in [3.8, 4) is 0 Å². The number of rotatable bonds is 1. The zero-order valence-corrected chi connectivity index (χ0v) is 12.4. The van der Waals surface area contributed by atoms with E-state index in [1.165, 1.54) is 31.5 Å². The zero-order valence-electron chi connectivity index (χ0n) is 12.4. The van der Waals surface area contributed by atoms with Gasteiger partial charge in [-0.1, -0.05) is 20.8 Å². The van der Waals surface area contributed by atoms with Gasteiger partial charge in [0.2, 0.25) is 5.95 Å². The van der Waals surface area contributed by atoms with E-state index in [1.807, 2.05) is 0 Å². The van der Waals surface area contributed by atoms with Crippen molar-refractivity contribution in [1.82, 2.24) is 14.9 Å². The minimum atomic E-state index is 0.126. The largest absolute Gasteiger partial charge is 0.356 e. The summed E-state index contributed by atoms with van der Waals surface area (Å²) < 4.78 is 2.40. The maximum absolute atomic E-state index is 4.80. The minimum absolute atomic E-state index is 0.126. The van der Waals surface area contributed by atoms with Gasteiger partial charge in [0.05, 0.1) is 5.69 Å². The summed E-state index contributed by atoms with van der Waals surface area (Å²) in [5, 5.41) is 7.00. The summed E-state index contributed by atoms with van der Waals surface area (Å²) >= 11 is 0. The summed E-state index contributed by atoms with van der Waals surface area (Å²) in [7, 11) is 0. The third-order valence-corrected chi connectivity index (χ3v) is 4.46. The Hall–Kier alpha value is -1.03. The summed E-state index contributed by atoms with van der Waals surface area (Å²) in [6, 6.07) is 0.618. The van der Waals surface area contributed by atoms with Crippen molar-refractivity contribution in [1.29, 1.82) is 0 Å². The third kappa shape index (κ3) is 2.50. The molecule has 3 heterocycles. The van der Waals surface area contributed by atoms with Crippen LogP contribution >= 0.6 is 0 Å². The summed E-state index contributed by atoms with van der Waals surface area (Å²) in [5.41, 5.74) is 1.33. The van der Waals surface area contributed by atoms with Gasteiger partial charge in [-0.15, -0.1) is 0 Å². The molecule has 3 rings (SSSR count). The van der Waals surface area contributed by atoms with Crippen molar-refractivity contribution in [2.45, 2.75) is 51.5 Å². The monoisotopic (exact) mass is 262 g/mol. The Bertz CT molecular complexity index is 437. The number of hydrogen-bond acceptors (Lipinski definition) is 3. The van der Waals surface area contributed by atoms with Crippen molar-refractivity contribution in [3.63, 3.8) is 0 Å². The predicted molar refractivity (Wildman–Crippen MR) is 78.7 cm³/mol. The first-order valence-electron chi connectivity index (χ1n) is 7.59. The van der Waals surface area contributed by atoms with Crippen molar-refractivity contribution >= 4 is 5.95 Å². The average molecular weight is 262 g/mol. The molecule has 1 fully saturated rings. The first kappa shape index (κ1) is 13.0. The van der Waals surface area contributed by atoms with E-state index in [0.29, 0.717) is 6.04 Å². The van der Waals surface area contributed by atoms with Gasteiger partial charge in [0, 0.05) is 24.2 Å². The molecule has 0 radical (unpaired) electrons. The number of hydrogen-bond donors (Lipinski definition) is 2. The van der Waals surface area contributed by atoms with Gasteiger partial charge in [-0.05, 0) is 38.3 Å². The molecule has 0 aromatic carbocycles. The summed E-state index contributed by atoms with van der Waals surface area (Å²) in [5.74, 6) is 1.84. The Labute approximate surface area is 116 Å². The van der Waals surface area contributed by atoms with Crippen LogP contribution in [0.2, 0.25) is 0 Å². The van der Waals surface area contributed by atoms with Crippen molar-refractivity contribution < 1.29 is 0 Å². The van der Waals surface area contributed by atoms with Crippen LogP contribution in [0.4, 0.5) is 5.95 Å². The quantitative estimate of drug-likeness (QED) is 0.817. The lowest BCUT2D eigenvalue weighted by Crippen LogP contribution is -2.37. The minimum Gasteiger partial charge on any atom is -0.356 e. The molecule has 19 heavy (non-hydrogen) atoms. The molecule has 0 aliphatic carbocycles. The van der Waals surface area contributed by atoms with Gasteiger partial charge < -0.3 is 15.2 Å². The van der Waals surface area contributed by atoms with Gasteiger partial charge in [-0.3, -0.25) is 0 Å². The molecule has 2 unspecified atom stereocenters. The van der Waals surface area contributed by atoms with Crippen LogP contribution in [0.5, 0.6) is 0 Å². The fraction of sp³-hybridized carbons (Fsp3) is 0.800. The van der Waals surface area contributed by atoms with E-state index < -0.39 is 0 Å². The second-order valence-corrected chi connectivity index (χ2v) is 7.00. The molecule has 2 atom stereocenters. The van der Waals surface area contributed by atoms with Gasteiger partial charge >= 0.3 is 0 Å². The molecular weight excluding hydrogens is 236 g/mol. The van der Waals surface area contributed by atoms with E-state index in [1.54, 1.807) is 0 Å². The highest BCUT2D eigenvalue weighted by atomic mass is 15.2. The van der Waals surface area contributed by atoms with Crippen molar-refractivity contribution in [2.75, 3.05) is 25.0 Å². The predicted octanol–water partition coefficient (Wildman–Crippen LogP) is 2.54. The number of nitrogens with one attached hydrogen (secondary N) is 2. The molecule has 0 saturated carbocycles. The van der Waals surface area contributed by atoms with E-state index in [2.05, 4.69) is 42.2 Å². The molecule has 2 N–H and O–H groups in total. The van der Waals surface area contributed by atoms with Crippen LogP contribution in [0.15, 0.2) is 6.20 Å². The normalized spacial score (nSPS) is 27.7. The highest BCUT2D eigenvalue weighted by Crippen LogP contribution is 2.35. The van der Waals surface area contributed by atoms with Crippen molar-refractivity contribution in [3.05, 3.63) is 11.9 Å². The standard InChI is InChI=1S/C15H26N4/c1-15(2,3)13-10-19-12(6-8-17-14(19)18-13)11-5-4-7-16-9-11/h10-12,16H,4-9H2,1-3H3,(H,17,18). The lowest BCUT2D eigenvalue weighted by molar-refractivity contribution is 0.250.